The minimum Gasteiger partial charge on any atom is -0.347 e. The number of rotatable bonds is 4. The van der Waals surface area contributed by atoms with Crippen molar-refractivity contribution in [2.75, 3.05) is 33.7 Å². The third-order valence-electron chi connectivity index (χ3n) is 3.62. The van der Waals surface area contributed by atoms with E-state index in [1.165, 1.54) is 0 Å². The number of carbonyl (C=O) groups is 1. The molecule has 0 aliphatic carbocycles. The van der Waals surface area contributed by atoms with Crippen molar-refractivity contribution in [1.82, 2.24) is 15.1 Å². The molecule has 100 valence electrons. The second-order valence-electron chi connectivity index (χ2n) is 5.41. The molecule has 1 fully saturated rings. The van der Waals surface area contributed by atoms with E-state index in [1.807, 2.05) is 14.1 Å². The van der Waals surface area contributed by atoms with E-state index >= 15 is 0 Å². The van der Waals surface area contributed by atoms with Gasteiger partial charge in [-0.3, -0.25) is 9.69 Å². The van der Waals surface area contributed by atoms with Crippen molar-refractivity contribution in [3.05, 3.63) is 0 Å². The molecule has 0 aromatic heterocycles. The van der Waals surface area contributed by atoms with Gasteiger partial charge in [0.2, 0.25) is 5.91 Å². The molecular weight excluding hydrogens is 214 g/mol. The maximum absolute atomic E-state index is 12.2. The number of hydrogen-bond acceptors (Lipinski definition) is 3. The Balaban J connectivity index is 2.81. The van der Waals surface area contributed by atoms with Crippen LogP contribution in [0.4, 0.5) is 0 Å². The zero-order valence-corrected chi connectivity index (χ0v) is 11.9. The van der Waals surface area contributed by atoms with Gasteiger partial charge in [0.25, 0.3) is 0 Å². The van der Waals surface area contributed by atoms with E-state index in [4.69, 9.17) is 0 Å². The largest absolute Gasteiger partial charge is 0.347 e. The molecular formula is C13H27N3O. The predicted molar refractivity (Wildman–Crippen MR) is 71.0 cm³/mol. The van der Waals surface area contributed by atoms with Crippen LogP contribution < -0.4 is 5.32 Å². The molecule has 4 nitrogen and oxygen atoms in total. The molecule has 2 unspecified atom stereocenters. The van der Waals surface area contributed by atoms with Crippen molar-refractivity contribution in [2.24, 2.45) is 5.92 Å². The van der Waals surface area contributed by atoms with Crippen LogP contribution in [0.25, 0.3) is 0 Å². The van der Waals surface area contributed by atoms with Crippen LogP contribution in [0.1, 0.15) is 27.2 Å². The van der Waals surface area contributed by atoms with Gasteiger partial charge in [-0.1, -0.05) is 20.8 Å². The van der Waals surface area contributed by atoms with Gasteiger partial charge in [0.1, 0.15) is 6.04 Å². The van der Waals surface area contributed by atoms with Gasteiger partial charge in [-0.2, -0.15) is 0 Å². The lowest BCUT2D eigenvalue weighted by Gasteiger charge is -2.42. The van der Waals surface area contributed by atoms with Gasteiger partial charge >= 0.3 is 0 Å². The minimum atomic E-state index is 0.00565. The van der Waals surface area contributed by atoms with Crippen LogP contribution in [0, 0.1) is 5.92 Å². The van der Waals surface area contributed by atoms with Crippen molar-refractivity contribution in [1.29, 1.82) is 0 Å². The van der Waals surface area contributed by atoms with Gasteiger partial charge < -0.3 is 10.2 Å². The summed E-state index contributed by atoms with van der Waals surface area (Å²) in [6.07, 6.45) is 1.11. The smallest absolute Gasteiger partial charge is 0.240 e. The number of likely N-dealkylation sites (N-methyl/N-ethyl adjacent to an activating group) is 1. The van der Waals surface area contributed by atoms with Crippen LogP contribution >= 0.6 is 0 Å². The molecule has 1 aliphatic rings. The van der Waals surface area contributed by atoms with Gasteiger partial charge in [-0.15, -0.1) is 0 Å². The Morgan fingerprint density at radius 3 is 2.59 bits per heavy atom. The molecule has 0 radical (unpaired) electrons. The highest BCUT2D eigenvalue weighted by atomic mass is 16.2. The number of amides is 1. The standard InChI is InChI=1S/C13H27N3O/c1-6-11(10(2)3)16-8-7-14-9-12(16)13(17)15(4)5/h10-12,14H,6-9H2,1-5H3. The lowest BCUT2D eigenvalue weighted by Crippen LogP contribution is -2.61. The van der Waals surface area contributed by atoms with Gasteiger partial charge in [-0.25, -0.2) is 0 Å². The van der Waals surface area contributed by atoms with E-state index in [0.717, 1.165) is 26.1 Å². The van der Waals surface area contributed by atoms with Gasteiger partial charge in [0.15, 0.2) is 0 Å². The summed E-state index contributed by atoms with van der Waals surface area (Å²) in [5.74, 6) is 0.812. The molecule has 4 heteroatoms. The highest BCUT2D eigenvalue weighted by molar-refractivity contribution is 5.81. The van der Waals surface area contributed by atoms with E-state index < -0.39 is 0 Å². The van der Waals surface area contributed by atoms with Crippen LogP contribution in [0.5, 0.6) is 0 Å². The Kier molecular flexibility index (Phi) is 5.40. The average molecular weight is 241 g/mol. The summed E-state index contributed by atoms with van der Waals surface area (Å²) in [4.78, 5) is 16.3. The van der Waals surface area contributed by atoms with E-state index in [0.29, 0.717) is 12.0 Å². The number of piperazine rings is 1. The molecule has 0 aromatic carbocycles. The van der Waals surface area contributed by atoms with Crippen molar-refractivity contribution < 1.29 is 4.79 Å². The van der Waals surface area contributed by atoms with Crippen LogP contribution in [0.15, 0.2) is 0 Å². The monoisotopic (exact) mass is 241 g/mol. The Hall–Kier alpha value is -0.610. The number of nitrogens with zero attached hydrogens (tertiary/aromatic N) is 2. The topological polar surface area (TPSA) is 35.6 Å². The minimum absolute atomic E-state index is 0.00565. The highest BCUT2D eigenvalue weighted by Crippen LogP contribution is 2.19. The summed E-state index contributed by atoms with van der Waals surface area (Å²) in [5.41, 5.74) is 0. The van der Waals surface area contributed by atoms with Gasteiger partial charge in [0, 0.05) is 39.8 Å². The van der Waals surface area contributed by atoms with E-state index in [2.05, 4.69) is 31.0 Å². The Morgan fingerprint density at radius 1 is 1.47 bits per heavy atom. The molecule has 1 aliphatic heterocycles. The van der Waals surface area contributed by atoms with E-state index in [1.54, 1.807) is 4.90 Å². The first-order chi connectivity index (χ1) is 7.99. The van der Waals surface area contributed by atoms with E-state index in [9.17, 15) is 4.79 Å². The van der Waals surface area contributed by atoms with Crippen molar-refractivity contribution in [3.63, 3.8) is 0 Å². The summed E-state index contributed by atoms with van der Waals surface area (Å²) in [6, 6.07) is 0.511. The zero-order chi connectivity index (χ0) is 13.0. The summed E-state index contributed by atoms with van der Waals surface area (Å²) in [5, 5.41) is 3.33. The molecule has 1 N–H and O–H groups in total. The average Bonchev–Trinajstić information content (AvgIpc) is 2.29. The Bertz CT molecular complexity index is 253. The maximum Gasteiger partial charge on any atom is 0.240 e. The van der Waals surface area contributed by atoms with E-state index in [-0.39, 0.29) is 11.9 Å². The fourth-order valence-electron chi connectivity index (χ4n) is 2.73. The lowest BCUT2D eigenvalue weighted by atomic mass is 9.96. The molecule has 0 aromatic rings. The van der Waals surface area contributed by atoms with Crippen molar-refractivity contribution in [3.8, 4) is 0 Å². The highest BCUT2D eigenvalue weighted by Gasteiger charge is 2.34. The molecule has 2 atom stereocenters. The first kappa shape index (κ1) is 14.5. The molecule has 17 heavy (non-hydrogen) atoms. The molecule has 0 spiro atoms. The molecule has 1 heterocycles. The summed E-state index contributed by atoms with van der Waals surface area (Å²) in [6.45, 7) is 9.44. The molecule has 1 saturated heterocycles. The molecule has 0 bridgehead atoms. The zero-order valence-electron chi connectivity index (χ0n) is 11.9. The second kappa shape index (κ2) is 6.36. The molecule has 1 rings (SSSR count). The van der Waals surface area contributed by atoms with Crippen LogP contribution in [0.2, 0.25) is 0 Å². The number of nitrogens with one attached hydrogen (secondary N) is 1. The van der Waals surface area contributed by atoms with Crippen LogP contribution in [-0.4, -0.2) is 61.5 Å². The summed E-state index contributed by atoms with van der Waals surface area (Å²) >= 11 is 0. The van der Waals surface area contributed by atoms with Crippen LogP contribution in [0.3, 0.4) is 0 Å². The predicted octanol–water partition coefficient (Wildman–Crippen LogP) is 0.783. The fourth-order valence-corrected chi connectivity index (χ4v) is 2.73. The summed E-state index contributed by atoms with van der Waals surface area (Å²) < 4.78 is 0. The summed E-state index contributed by atoms with van der Waals surface area (Å²) in [7, 11) is 3.68. The quantitative estimate of drug-likeness (QED) is 0.790. The molecule has 1 amide bonds. The number of carbonyl (C=O) groups excluding carboxylic acids is 1. The van der Waals surface area contributed by atoms with Crippen LogP contribution in [-0.2, 0) is 4.79 Å². The Morgan fingerprint density at radius 2 is 2.12 bits per heavy atom. The van der Waals surface area contributed by atoms with Crippen molar-refractivity contribution in [2.45, 2.75) is 39.3 Å². The normalized spacial score (nSPS) is 23.8. The van der Waals surface area contributed by atoms with Gasteiger partial charge in [-0.05, 0) is 12.3 Å². The van der Waals surface area contributed by atoms with Gasteiger partial charge in [0.05, 0.1) is 0 Å². The van der Waals surface area contributed by atoms with Crippen molar-refractivity contribution >= 4 is 5.91 Å². The Labute approximate surface area is 105 Å². The second-order valence-corrected chi connectivity index (χ2v) is 5.41. The molecule has 0 saturated carbocycles. The lowest BCUT2D eigenvalue weighted by molar-refractivity contribution is -0.136. The maximum atomic E-state index is 12.2. The first-order valence-corrected chi connectivity index (χ1v) is 6.66. The first-order valence-electron chi connectivity index (χ1n) is 6.66. The SMILES string of the molecule is CCC(C(C)C)N1CCNCC1C(=O)N(C)C. The fraction of sp³-hybridized carbons (Fsp3) is 0.923. The third kappa shape index (κ3) is 3.42. The third-order valence-corrected chi connectivity index (χ3v) is 3.62. The number of hydrogen-bond donors (Lipinski definition) is 1.